The second kappa shape index (κ2) is 11.7. The molecule has 1 aromatic carbocycles. The van der Waals surface area contributed by atoms with Crippen molar-refractivity contribution in [2.45, 2.75) is 13.8 Å². The Morgan fingerprint density at radius 2 is 1.44 bits per heavy atom. The summed E-state index contributed by atoms with van der Waals surface area (Å²) in [7, 11) is 0. The quantitative estimate of drug-likeness (QED) is 0.589. The summed E-state index contributed by atoms with van der Waals surface area (Å²) < 4.78 is 0. The van der Waals surface area contributed by atoms with Crippen LogP contribution in [-0.4, -0.2) is 13.2 Å². The Labute approximate surface area is 102 Å². The Morgan fingerprint density at radius 1 is 1.00 bits per heavy atom. The minimum absolute atomic E-state index is 0. The molecule has 0 aromatic heterocycles. The van der Waals surface area contributed by atoms with Crippen molar-refractivity contribution in [1.29, 1.82) is 10.8 Å². The van der Waals surface area contributed by atoms with Crippen LogP contribution in [0, 0.1) is 10.8 Å². The van der Waals surface area contributed by atoms with Gasteiger partial charge in [0.2, 0.25) is 0 Å². The van der Waals surface area contributed by atoms with Gasteiger partial charge in [0.15, 0.2) is 0 Å². The van der Waals surface area contributed by atoms with Crippen LogP contribution in [0.2, 0.25) is 0 Å². The molecule has 0 bridgehead atoms. The van der Waals surface area contributed by atoms with Crippen LogP contribution in [0.15, 0.2) is 30.3 Å². The van der Waals surface area contributed by atoms with Crippen LogP contribution in [0.5, 0.6) is 0 Å². The molecule has 16 heavy (non-hydrogen) atoms. The van der Waals surface area contributed by atoms with Crippen molar-refractivity contribution in [1.82, 2.24) is 0 Å². The maximum atomic E-state index is 6.00. The SMILES string of the molecule is CCON(OCC)c1ccccc1.Cl.N#N. The number of nitrogens with zero attached hydrogens (tertiary/aromatic N) is 3. The van der Waals surface area contributed by atoms with Crippen LogP contribution in [0.3, 0.4) is 0 Å². The number of hydrogen-bond acceptors (Lipinski definition) is 5. The fourth-order valence-corrected chi connectivity index (χ4v) is 0.971. The molecule has 0 fully saturated rings. The molecule has 0 radical (unpaired) electrons. The zero-order valence-electron chi connectivity index (χ0n) is 9.37. The van der Waals surface area contributed by atoms with Crippen molar-refractivity contribution in [2.24, 2.45) is 0 Å². The maximum Gasteiger partial charge on any atom is 0.0947 e. The molecule has 0 spiro atoms. The number of para-hydroxylation sites is 1. The number of rotatable bonds is 5. The first-order valence-corrected chi connectivity index (χ1v) is 4.69. The van der Waals surface area contributed by atoms with Crippen LogP contribution in [0.4, 0.5) is 5.69 Å². The molecular formula is C10H16ClN3O2. The molecule has 0 saturated carbocycles. The van der Waals surface area contributed by atoms with Gasteiger partial charge in [0.25, 0.3) is 0 Å². The molecule has 0 saturated heterocycles. The number of anilines is 1. The average molecular weight is 246 g/mol. The zero-order valence-corrected chi connectivity index (χ0v) is 10.2. The summed E-state index contributed by atoms with van der Waals surface area (Å²) in [5.41, 5.74) is 0.909. The van der Waals surface area contributed by atoms with Crippen LogP contribution in [0.1, 0.15) is 13.8 Å². The lowest BCUT2D eigenvalue weighted by molar-refractivity contribution is -0.0817. The van der Waals surface area contributed by atoms with E-state index >= 15 is 0 Å². The van der Waals surface area contributed by atoms with Gasteiger partial charge in [-0.1, -0.05) is 18.2 Å². The summed E-state index contributed by atoms with van der Waals surface area (Å²) in [6.45, 7) is 5.04. The maximum absolute atomic E-state index is 6.00. The minimum Gasteiger partial charge on any atom is -0.249 e. The molecular weight excluding hydrogens is 230 g/mol. The van der Waals surface area contributed by atoms with Gasteiger partial charge in [0.05, 0.1) is 18.9 Å². The molecule has 1 aromatic rings. The van der Waals surface area contributed by atoms with Crippen molar-refractivity contribution in [3.63, 3.8) is 0 Å². The van der Waals surface area contributed by atoms with Crippen molar-refractivity contribution < 1.29 is 9.68 Å². The third kappa shape index (κ3) is 6.19. The number of halogens is 1. The molecule has 0 aliphatic carbocycles. The Morgan fingerprint density at radius 3 is 1.81 bits per heavy atom. The monoisotopic (exact) mass is 245 g/mol. The van der Waals surface area contributed by atoms with Gasteiger partial charge >= 0.3 is 0 Å². The van der Waals surface area contributed by atoms with E-state index in [1.807, 2.05) is 44.2 Å². The van der Waals surface area contributed by atoms with Gasteiger partial charge in [-0.15, -0.1) is 17.6 Å². The van der Waals surface area contributed by atoms with Gasteiger partial charge in [-0.2, -0.15) is 0 Å². The van der Waals surface area contributed by atoms with E-state index in [2.05, 4.69) is 0 Å². The molecule has 1 rings (SSSR count). The number of benzene rings is 1. The highest BCUT2D eigenvalue weighted by atomic mass is 35.5. The summed E-state index contributed by atoms with van der Waals surface area (Å²) in [6.07, 6.45) is 0. The second-order valence-electron chi connectivity index (χ2n) is 2.43. The van der Waals surface area contributed by atoms with Crippen LogP contribution in [0.25, 0.3) is 0 Å². The first-order valence-electron chi connectivity index (χ1n) is 4.69. The van der Waals surface area contributed by atoms with Crippen molar-refractivity contribution in [3.8, 4) is 0 Å². The van der Waals surface area contributed by atoms with E-state index in [0.29, 0.717) is 13.2 Å². The van der Waals surface area contributed by atoms with E-state index in [4.69, 9.17) is 20.5 Å². The topological polar surface area (TPSA) is 69.3 Å². The summed E-state index contributed by atoms with van der Waals surface area (Å²) >= 11 is 0. The third-order valence-electron chi connectivity index (χ3n) is 1.46. The molecule has 5 nitrogen and oxygen atoms in total. The van der Waals surface area contributed by atoms with Crippen molar-refractivity contribution in [3.05, 3.63) is 30.3 Å². The van der Waals surface area contributed by atoms with Crippen LogP contribution < -0.4 is 5.23 Å². The van der Waals surface area contributed by atoms with Crippen LogP contribution >= 0.6 is 12.4 Å². The van der Waals surface area contributed by atoms with Crippen LogP contribution in [-0.2, 0) is 9.68 Å². The predicted molar refractivity (Wildman–Crippen MR) is 62.9 cm³/mol. The predicted octanol–water partition coefficient (Wildman–Crippen LogP) is 2.85. The lowest BCUT2D eigenvalue weighted by atomic mass is 10.3. The van der Waals surface area contributed by atoms with Gasteiger partial charge in [0.1, 0.15) is 0 Å². The van der Waals surface area contributed by atoms with Gasteiger partial charge in [0, 0.05) is 10.8 Å². The zero-order chi connectivity index (χ0) is 11.5. The minimum atomic E-state index is 0. The smallest absolute Gasteiger partial charge is 0.0947 e. The molecule has 0 unspecified atom stereocenters. The van der Waals surface area contributed by atoms with E-state index in [1.54, 1.807) is 0 Å². The Bertz CT molecular complexity index is 263. The summed E-state index contributed by atoms with van der Waals surface area (Å²) in [4.78, 5) is 10.6. The lowest BCUT2D eigenvalue weighted by Crippen LogP contribution is -2.23. The van der Waals surface area contributed by atoms with E-state index < -0.39 is 0 Å². The summed E-state index contributed by atoms with van der Waals surface area (Å²) in [6, 6.07) is 9.72. The second-order valence-corrected chi connectivity index (χ2v) is 2.43. The first-order chi connectivity index (χ1) is 7.38. The average Bonchev–Trinajstić information content (AvgIpc) is 2.33. The van der Waals surface area contributed by atoms with Gasteiger partial charge in [-0.3, -0.25) is 0 Å². The van der Waals surface area contributed by atoms with Gasteiger partial charge < -0.3 is 0 Å². The molecule has 0 amide bonds. The largest absolute Gasteiger partial charge is 0.249 e. The standard InChI is InChI=1S/C10H15NO2.ClH.N2/c1-3-12-11(13-4-2)10-8-6-5-7-9-10;;1-2/h5-9H,3-4H2,1-2H3;1H;. The van der Waals surface area contributed by atoms with E-state index in [0.717, 1.165) is 5.69 Å². The molecule has 0 aliphatic heterocycles. The van der Waals surface area contributed by atoms with Crippen molar-refractivity contribution in [2.75, 3.05) is 18.4 Å². The summed E-state index contributed by atoms with van der Waals surface area (Å²) in [5.74, 6) is 0. The molecule has 90 valence electrons. The number of hydrogen-bond donors (Lipinski definition) is 0. The highest BCUT2D eigenvalue weighted by molar-refractivity contribution is 5.85. The normalized spacial score (nSPS) is 8.25. The molecule has 0 aliphatic rings. The first kappa shape index (κ1) is 17.1. The molecule has 0 heterocycles. The Hall–Kier alpha value is -1.35. The Balaban J connectivity index is 0. The van der Waals surface area contributed by atoms with E-state index in [1.165, 1.54) is 5.23 Å². The molecule has 6 heteroatoms. The Kier molecular flexibility index (Phi) is 12.5. The third-order valence-corrected chi connectivity index (χ3v) is 1.46. The van der Waals surface area contributed by atoms with E-state index in [-0.39, 0.29) is 12.4 Å². The van der Waals surface area contributed by atoms with Gasteiger partial charge in [-0.05, 0) is 26.0 Å². The highest BCUT2D eigenvalue weighted by Crippen LogP contribution is 2.13. The van der Waals surface area contributed by atoms with Gasteiger partial charge in [-0.25, -0.2) is 9.68 Å². The highest BCUT2D eigenvalue weighted by Gasteiger charge is 2.04. The fourth-order valence-electron chi connectivity index (χ4n) is 0.971. The van der Waals surface area contributed by atoms with E-state index in [9.17, 15) is 0 Å². The summed E-state index contributed by atoms with van der Waals surface area (Å²) in [5, 5.41) is 13.4. The lowest BCUT2D eigenvalue weighted by Gasteiger charge is -2.20. The molecule has 0 atom stereocenters. The molecule has 0 N–H and O–H groups in total. The van der Waals surface area contributed by atoms with Crippen molar-refractivity contribution >= 4 is 18.1 Å². The fraction of sp³-hybridized carbons (Fsp3) is 0.400.